The highest BCUT2D eigenvalue weighted by molar-refractivity contribution is 5.73. The van der Waals surface area contributed by atoms with Gasteiger partial charge in [-0.2, -0.15) is 0 Å². The van der Waals surface area contributed by atoms with Crippen LogP contribution in [-0.2, 0) is 4.74 Å². The first-order chi connectivity index (χ1) is 4.33. The molecule has 0 aromatic carbocycles. The third-order valence-electron chi connectivity index (χ3n) is 1.38. The van der Waals surface area contributed by atoms with E-state index in [1.807, 2.05) is 6.08 Å². The molecule has 2 heteroatoms. The van der Waals surface area contributed by atoms with Crippen LogP contribution in [0.25, 0.3) is 0 Å². The van der Waals surface area contributed by atoms with Crippen LogP contribution < -0.4 is 0 Å². The standard InChI is InChI=1S/C7H11NO/c1-6-3-4-8-7(5-6)9-2/h3-4,7H,5H2,1-2H3. The fourth-order valence-corrected chi connectivity index (χ4v) is 0.807. The van der Waals surface area contributed by atoms with Gasteiger partial charge in [-0.1, -0.05) is 5.57 Å². The van der Waals surface area contributed by atoms with Crippen molar-refractivity contribution in [2.45, 2.75) is 19.6 Å². The zero-order valence-electron chi connectivity index (χ0n) is 5.79. The number of nitrogens with zero attached hydrogens (tertiary/aromatic N) is 1. The van der Waals surface area contributed by atoms with E-state index in [4.69, 9.17) is 4.74 Å². The van der Waals surface area contributed by atoms with Crippen LogP contribution in [0.15, 0.2) is 16.6 Å². The molecule has 1 aliphatic heterocycles. The van der Waals surface area contributed by atoms with Gasteiger partial charge in [-0.15, -0.1) is 0 Å². The summed E-state index contributed by atoms with van der Waals surface area (Å²) in [7, 11) is 1.68. The van der Waals surface area contributed by atoms with E-state index in [-0.39, 0.29) is 6.23 Å². The highest BCUT2D eigenvalue weighted by atomic mass is 16.5. The number of rotatable bonds is 1. The Bertz CT molecular complexity index is 149. The number of aliphatic imine (C=N–C) groups is 1. The van der Waals surface area contributed by atoms with Gasteiger partial charge in [-0.25, -0.2) is 0 Å². The number of hydrogen-bond acceptors (Lipinski definition) is 2. The number of methoxy groups -OCH3 is 1. The second-order valence-electron chi connectivity index (χ2n) is 2.21. The van der Waals surface area contributed by atoms with Crippen molar-refractivity contribution < 1.29 is 4.74 Å². The minimum atomic E-state index is 0.0648. The molecular weight excluding hydrogens is 114 g/mol. The number of allylic oxidation sites excluding steroid dienone is 1. The third-order valence-corrected chi connectivity index (χ3v) is 1.38. The van der Waals surface area contributed by atoms with Gasteiger partial charge in [0, 0.05) is 19.7 Å². The molecule has 0 aromatic rings. The highest BCUT2D eigenvalue weighted by Gasteiger charge is 2.06. The molecule has 1 aliphatic rings. The van der Waals surface area contributed by atoms with Gasteiger partial charge < -0.3 is 4.74 Å². The Labute approximate surface area is 55.2 Å². The first-order valence-corrected chi connectivity index (χ1v) is 3.04. The smallest absolute Gasteiger partial charge is 0.151 e. The van der Waals surface area contributed by atoms with E-state index in [0.717, 1.165) is 6.42 Å². The topological polar surface area (TPSA) is 21.6 Å². The van der Waals surface area contributed by atoms with Crippen LogP contribution in [0.1, 0.15) is 13.3 Å². The van der Waals surface area contributed by atoms with Gasteiger partial charge in [0.1, 0.15) is 0 Å². The fourth-order valence-electron chi connectivity index (χ4n) is 0.807. The Morgan fingerprint density at radius 2 is 2.56 bits per heavy atom. The van der Waals surface area contributed by atoms with Crippen molar-refractivity contribution in [3.8, 4) is 0 Å². The predicted molar refractivity (Wildman–Crippen MR) is 37.7 cm³/mol. The van der Waals surface area contributed by atoms with Crippen molar-refractivity contribution in [3.63, 3.8) is 0 Å². The molecule has 0 radical (unpaired) electrons. The zero-order chi connectivity index (χ0) is 6.69. The predicted octanol–water partition coefficient (Wildman–Crippen LogP) is 1.38. The minimum Gasteiger partial charge on any atom is -0.359 e. The molecule has 2 nitrogen and oxygen atoms in total. The summed E-state index contributed by atoms with van der Waals surface area (Å²) in [6, 6.07) is 0. The second-order valence-corrected chi connectivity index (χ2v) is 2.21. The fraction of sp³-hybridized carbons (Fsp3) is 0.571. The van der Waals surface area contributed by atoms with Crippen molar-refractivity contribution in [2.24, 2.45) is 4.99 Å². The highest BCUT2D eigenvalue weighted by Crippen LogP contribution is 2.10. The van der Waals surface area contributed by atoms with Crippen LogP contribution >= 0.6 is 0 Å². The van der Waals surface area contributed by atoms with Crippen LogP contribution in [-0.4, -0.2) is 19.6 Å². The Balaban J connectivity index is 2.51. The Hall–Kier alpha value is -0.630. The minimum absolute atomic E-state index is 0.0648. The third kappa shape index (κ3) is 1.64. The van der Waals surface area contributed by atoms with E-state index < -0.39 is 0 Å². The molecule has 0 aromatic heterocycles. The molecule has 0 aliphatic carbocycles. The van der Waals surface area contributed by atoms with E-state index in [0.29, 0.717) is 0 Å². The SMILES string of the molecule is COC1CC(C)=CC=N1. The average molecular weight is 125 g/mol. The van der Waals surface area contributed by atoms with Gasteiger partial charge in [0.25, 0.3) is 0 Å². The van der Waals surface area contributed by atoms with E-state index in [2.05, 4.69) is 11.9 Å². The number of hydrogen-bond donors (Lipinski definition) is 0. The molecule has 9 heavy (non-hydrogen) atoms. The quantitative estimate of drug-likeness (QED) is 0.518. The van der Waals surface area contributed by atoms with Crippen LogP contribution in [0.3, 0.4) is 0 Å². The maximum Gasteiger partial charge on any atom is 0.151 e. The van der Waals surface area contributed by atoms with E-state index >= 15 is 0 Å². The maximum absolute atomic E-state index is 5.02. The summed E-state index contributed by atoms with van der Waals surface area (Å²) in [5, 5.41) is 0. The summed E-state index contributed by atoms with van der Waals surface area (Å²) < 4.78 is 5.02. The Kier molecular flexibility index (Phi) is 2.01. The lowest BCUT2D eigenvalue weighted by atomic mass is 10.1. The van der Waals surface area contributed by atoms with Gasteiger partial charge in [0.15, 0.2) is 6.23 Å². The van der Waals surface area contributed by atoms with E-state index in [1.165, 1.54) is 5.57 Å². The number of ether oxygens (including phenoxy) is 1. The largest absolute Gasteiger partial charge is 0.359 e. The molecule has 0 N–H and O–H groups in total. The molecule has 0 spiro atoms. The summed E-state index contributed by atoms with van der Waals surface area (Å²) in [5.74, 6) is 0. The van der Waals surface area contributed by atoms with Gasteiger partial charge in [-0.05, 0) is 13.0 Å². The molecular formula is C7H11NO. The zero-order valence-corrected chi connectivity index (χ0v) is 5.79. The second kappa shape index (κ2) is 2.78. The molecule has 1 rings (SSSR count). The maximum atomic E-state index is 5.02. The summed E-state index contributed by atoms with van der Waals surface area (Å²) in [5.41, 5.74) is 1.33. The van der Waals surface area contributed by atoms with Gasteiger partial charge in [0.05, 0.1) is 0 Å². The van der Waals surface area contributed by atoms with Crippen molar-refractivity contribution in [3.05, 3.63) is 11.6 Å². The van der Waals surface area contributed by atoms with Crippen molar-refractivity contribution >= 4 is 6.21 Å². The van der Waals surface area contributed by atoms with Crippen molar-refractivity contribution in [2.75, 3.05) is 7.11 Å². The molecule has 1 atom stereocenters. The summed E-state index contributed by atoms with van der Waals surface area (Å²) in [6.07, 6.45) is 4.81. The molecule has 0 saturated carbocycles. The van der Waals surface area contributed by atoms with Crippen LogP contribution in [0.5, 0.6) is 0 Å². The molecule has 1 unspecified atom stereocenters. The lowest BCUT2D eigenvalue weighted by Crippen LogP contribution is -2.10. The molecule has 0 saturated heterocycles. The van der Waals surface area contributed by atoms with Gasteiger partial charge >= 0.3 is 0 Å². The van der Waals surface area contributed by atoms with Crippen molar-refractivity contribution in [1.82, 2.24) is 0 Å². The number of dihydropyridines is 1. The van der Waals surface area contributed by atoms with Crippen LogP contribution in [0.4, 0.5) is 0 Å². The first-order valence-electron chi connectivity index (χ1n) is 3.04. The van der Waals surface area contributed by atoms with Gasteiger partial charge in [0.2, 0.25) is 0 Å². The normalized spacial score (nSPS) is 26.0. The Morgan fingerprint density at radius 3 is 3.00 bits per heavy atom. The molecule has 50 valence electrons. The first kappa shape index (κ1) is 6.49. The van der Waals surface area contributed by atoms with Crippen molar-refractivity contribution in [1.29, 1.82) is 0 Å². The van der Waals surface area contributed by atoms with Crippen LogP contribution in [0.2, 0.25) is 0 Å². The molecule has 0 fully saturated rings. The monoisotopic (exact) mass is 125 g/mol. The van der Waals surface area contributed by atoms with Crippen LogP contribution in [0, 0.1) is 0 Å². The lowest BCUT2D eigenvalue weighted by Gasteiger charge is -2.12. The van der Waals surface area contributed by atoms with E-state index in [9.17, 15) is 0 Å². The summed E-state index contributed by atoms with van der Waals surface area (Å²) in [4.78, 5) is 4.07. The van der Waals surface area contributed by atoms with Gasteiger partial charge in [-0.3, -0.25) is 4.99 Å². The van der Waals surface area contributed by atoms with E-state index in [1.54, 1.807) is 13.3 Å². The lowest BCUT2D eigenvalue weighted by molar-refractivity contribution is 0.110. The summed E-state index contributed by atoms with van der Waals surface area (Å²) >= 11 is 0. The molecule has 1 heterocycles. The molecule has 0 bridgehead atoms. The summed E-state index contributed by atoms with van der Waals surface area (Å²) in [6.45, 7) is 2.08. The Morgan fingerprint density at radius 1 is 1.78 bits per heavy atom. The average Bonchev–Trinajstić information content (AvgIpc) is 1.88. The molecule has 0 amide bonds.